The lowest BCUT2D eigenvalue weighted by molar-refractivity contribution is 0.104. The fraction of sp³-hybridized carbons (Fsp3) is 0.0357. The van der Waals surface area contributed by atoms with Gasteiger partial charge in [0, 0.05) is 5.56 Å². The molecule has 4 aromatic carbocycles. The average molecular weight is 390 g/mol. The average Bonchev–Trinajstić information content (AvgIpc) is 2.83. The molecule has 146 valence electrons. The van der Waals surface area contributed by atoms with Gasteiger partial charge in [-0.3, -0.25) is 4.79 Å². The Balaban J connectivity index is 1.35. The molecule has 2 heteroatoms. The van der Waals surface area contributed by atoms with Crippen LogP contribution >= 0.6 is 0 Å². The summed E-state index contributed by atoms with van der Waals surface area (Å²) in [4.78, 5) is 12.5. The van der Waals surface area contributed by atoms with Crippen molar-refractivity contribution in [2.24, 2.45) is 0 Å². The Labute approximate surface area is 177 Å². The Morgan fingerprint density at radius 1 is 0.667 bits per heavy atom. The van der Waals surface area contributed by atoms with E-state index < -0.39 is 0 Å². The number of ether oxygens (including phenoxy) is 1. The number of hydrogen-bond acceptors (Lipinski definition) is 2. The monoisotopic (exact) mass is 390 g/mol. The molecule has 0 amide bonds. The summed E-state index contributed by atoms with van der Waals surface area (Å²) in [7, 11) is 0. The summed E-state index contributed by atoms with van der Waals surface area (Å²) >= 11 is 0. The number of ketones is 1. The number of carbonyl (C=O) groups is 1. The van der Waals surface area contributed by atoms with Crippen LogP contribution < -0.4 is 4.74 Å². The molecule has 30 heavy (non-hydrogen) atoms. The van der Waals surface area contributed by atoms with E-state index in [4.69, 9.17) is 4.74 Å². The lowest BCUT2D eigenvalue weighted by Crippen LogP contribution is -1.95. The van der Waals surface area contributed by atoms with Crippen molar-refractivity contribution in [3.8, 4) is 16.9 Å². The van der Waals surface area contributed by atoms with Crippen LogP contribution in [0.4, 0.5) is 0 Å². The van der Waals surface area contributed by atoms with Gasteiger partial charge in [-0.25, -0.2) is 0 Å². The molecule has 0 atom stereocenters. The van der Waals surface area contributed by atoms with Gasteiger partial charge in [0.1, 0.15) is 12.4 Å². The van der Waals surface area contributed by atoms with Crippen LogP contribution in [0.1, 0.15) is 21.5 Å². The van der Waals surface area contributed by atoms with Crippen LogP contribution in [0, 0.1) is 0 Å². The van der Waals surface area contributed by atoms with Crippen molar-refractivity contribution >= 4 is 11.9 Å². The lowest BCUT2D eigenvalue weighted by Gasteiger charge is -2.06. The van der Waals surface area contributed by atoms with Gasteiger partial charge in [0.2, 0.25) is 0 Å². The van der Waals surface area contributed by atoms with Crippen LogP contribution in [0.2, 0.25) is 0 Å². The first-order valence-corrected chi connectivity index (χ1v) is 9.93. The zero-order valence-electron chi connectivity index (χ0n) is 16.6. The van der Waals surface area contributed by atoms with Crippen LogP contribution in [0.15, 0.2) is 115 Å². The Kier molecular flexibility index (Phi) is 6.16. The van der Waals surface area contributed by atoms with Crippen LogP contribution in [0.3, 0.4) is 0 Å². The van der Waals surface area contributed by atoms with Crippen LogP contribution in [0.5, 0.6) is 5.75 Å². The number of carbonyl (C=O) groups excluding carboxylic acids is 1. The van der Waals surface area contributed by atoms with Crippen molar-refractivity contribution in [3.63, 3.8) is 0 Å². The first-order valence-electron chi connectivity index (χ1n) is 9.93. The largest absolute Gasteiger partial charge is 0.489 e. The van der Waals surface area contributed by atoms with E-state index in [1.165, 1.54) is 0 Å². The quantitative estimate of drug-likeness (QED) is 0.255. The minimum atomic E-state index is -0.0148. The van der Waals surface area contributed by atoms with E-state index in [2.05, 4.69) is 12.1 Å². The molecule has 0 saturated carbocycles. The predicted molar refractivity (Wildman–Crippen MR) is 122 cm³/mol. The highest BCUT2D eigenvalue weighted by atomic mass is 16.5. The van der Waals surface area contributed by atoms with E-state index in [0.717, 1.165) is 28.0 Å². The number of benzene rings is 4. The summed E-state index contributed by atoms with van der Waals surface area (Å²) in [6, 6.07) is 35.6. The van der Waals surface area contributed by atoms with Gasteiger partial charge in [0.25, 0.3) is 0 Å². The summed E-state index contributed by atoms with van der Waals surface area (Å²) in [5.74, 6) is 0.790. The number of allylic oxidation sites excluding steroid dienone is 1. The summed E-state index contributed by atoms with van der Waals surface area (Å²) in [6.07, 6.45) is 3.44. The van der Waals surface area contributed by atoms with Gasteiger partial charge in [0.15, 0.2) is 5.78 Å². The van der Waals surface area contributed by atoms with E-state index in [0.29, 0.717) is 12.2 Å². The van der Waals surface area contributed by atoms with Gasteiger partial charge in [-0.1, -0.05) is 103 Å². The molecule has 0 unspecified atom stereocenters. The molecule has 0 N–H and O–H groups in total. The first-order chi connectivity index (χ1) is 14.8. The third-order valence-corrected chi connectivity index (χ3v) is 4.83. The van der Waals surface area contributed by atoms with Gasteiger partial charge in [-0.05, 0) is 40.5 Å². The smallest absolute Gasteiger partial charge is 0.185 e. The van der Waals surface area contributed by atoms with Gasteiger partial charge >= 0.3 is 0 Å². The third-order valence-electron chi connectivity index (χ3n) is 4.83. The fourth-order valence-corrected chi connectivity index (χ4v) is 3.14. The van der Waals surface area contributed by atoms with Gasteiger partial charge in [0.05, 0.1) is 0 Å². The summed E-state index contributed by atoms with van der Waals surface area (Å²) in [5.41, 5.74) is 5.00. The van der Waals surface area contributed by atoms with E-state index >= 15 is 0 Å². The molecule has 0 aliphatic rings. The van der Waals surface area contributed by atoms with Gasteiger partial charge in [-0.15, -0.1) is 0 Å². The topological polar surface area (TPSA) is 26.3 Å². The Morgan fingerprint density at radius 2 is 1.27 bits per heavy atom. The molecule has 0 aromatic heterocycles. The second-order valence-corrected chi connectivity index (χ2v) is 6.98. The number of hydrogen-bond donors (Lipinski definition) is 0. The molecule has 0 aliphatic carbocycles. The zero-order chi connectivity index (χ0) is 20.6. The van der Waals surface area contributed by atoms with Crippen molar-refractivity contribution < 1.29 is 9.53 Å². The van der Waals surface area contributed by atoms with Crippen molar-refractivity contribution in [2.45, 2.75) is 6.61 Å². The van der Waals surface area contributed by atoms with Gasteiger partial charge in [-0.2, -0.15) is 0 Å². The number of rotatable bonds is 7. The first kappa shape index (κ1) is 19.4. The molecule has 0 bridgehead atoms. The molecule has 2 nitrogen and oxygen atoms in total. The second kappa shape index (κ2) is 9.53. The summed E-state index contributed by atoms with van der Waals surface area (Å²) < 4.78 is 5.80. The maximum atomic E-state index is 12.5. The standard InChI is InChI=1S/C28H22O2/c29-28(26-16-14-25(15-17-26)24-9-5-2-6-10-24)20-13-22-11-18-27(19-12-22)30-21-23-7-3-1-4-8-23/h1-20H,21H2. The minimum absolute atomic E-state index is 0.0148. The fourth-order valence-electron chi connectivity index (χ4n) is 3.14. The Bertz CT molecular complexity index is 1110. The highest BCUT2D eigenvalue weighted by Gasteiger charge is 2.03. The molecule has 4 aromatic rings. The van der Waals surface area contributed by atoms with E-state index in [1.807, 2.05) is 103 Å². The van der Waals surface area contributed by atoms with Gasteiger partial charge < -0.3 is 4.74 Å². The maximum Gasteiger partial charge on any atom is 0.185 e. The summed E-state index contributed by atoms with van der Waals surface area (Å²) in [6.45, 7) is 0.535. The van der Waals surface area contributed by atoms with Crippen LogP contribution in [-0.2, 0) is 6.61 Å². The molecule has 0 aliphatic heterocycles. The highest BCUT2D eigenvalue weighted by Crippen LogP contribution is 2.20. The third kappa shape index (κ3) is 5.12. The molecule has 0 saturated heterocycles. The second-order valence-electron chi connectivity index (χ2n) is 6.98. The Morgan fingerprint density at radius 3 is 1.93 bits per heavy atom. The van der Waals surface area contributed by atoms with Crippen molar-refractivity contribution in [3.05, 3.63) is 132 Å². The van der Waals surface area contributed by atoms with Crippen molar-refractivity contribution in [2.75, 3.05) is 0 Å². The SMILES string of the molecule is O=C(C=Cc1ccc(OCc2ccccc2)cc1)c1ccc(-c2ccccc2)cc1. The molecule has 0 fully saturated rings. The Hall–Kier alpha value is -3.91. The molecular formula is C28H22O2. The van der Waals surface area contributed by atoms with Crippen LogP contribution in [-0.4, -0.2) is 5.78 Å². The van der Waals surface area contributed by atoms with E-state index in [-0.39, 0.29) is 5.78 Å². The van der Waals surface area contributed by atoms with E-state index in [1.54, 1.807) is 6.08 Å². The molecule has 0 radical (unpaired) electrons. The zero-order valence-corrected chi connectivity index (χ0v) is 16.6. The van der Waals surface area contributed by atoms with E-state index in [9.17, 15) is 4.79 Å². The predicted octanol–water partition coefficient (Wildman–Crippen LogP) is 6.83. The van der Waals surface area contributed by atoms with Crippen LogP contribution in [0.25, 0.3) is 17.2 Å². The normalized spacial score (nSPS) is 10.8. The molecule has 4 rings (SSSR count). The van der Waals surface area contributed by atoms with Crippen molar-refractivity contribution in [1.29, 1.82) is 0 Å². The molecular weight excluding hydrogens is 368 g/mol. The maximum absolute atomic E-state index is 12.5. The lowest BCUT2D eigenvalue weighted by atomic mass is 10.0. The summed E-state index contributed by atoms with van der Waals surface area (Å²) in [5, 5.41) is 0. The molecule has 0 spiro atoms. The molecule has 0 heterocycles. The van der Waals surface area contributed by atoms with Crippen molar-refractivity contribution in [1.82, 2.24) is 0 Å². The minimum Gasteiger partial charge on any atom is -0.489 e. The highest BCUT2D eigenvalue weighted by molar-refractivity contribution is 6.07.